The molecule has 0 aromatic heterocycles. The summed E-state index contributed by atoms with van der Waals surface area (Å²) in [7, 11) is 0. The molecule has 1 aromatic carbocycles. The second-order valence-corrected chi connectivity index (χ2v) is 4.64. The molecule has 0 heterocycles. The minimum atomic E-state index is -0.0490. The fourth-order valence-electron chi connectivity index (χ4n) is 1.88. The van der Waals surface area contributed by atoms with Gasteiger partial charge in [-0.2, -0.15) is 0 Å². The third kappa shape index (κ3) is 6.08. The van der Waals surface area contributed by atoms with Crippen LogP contribution < -0.4 is 10.6 Å². The Kier molecular flexibility index (Phi) is 6.70. The van der Waals surface area contributed by atoms with Crippen molar-refractivity contribution in [3.8, 4) is 12.3 Å². The first-order valence-electron chi connectivity index (χ1n) is 6.68. The van der Waals surface area contributed by atoms with Crippen LogP contribution in [0.3, 0.4) is 0 Å². The number of rotatable bonds is 7. The van der Waals surface area contributed by atoms with Crippen LogP contribution in [0.2, 0.25) is 0 Å². The molecule has 0 saturated carbocycles. The molecule has 1 unspecified atom stereocenters. The van der Waals surface area contributed by atoms with Gasteiger partial charge in [-0.3, -0.25) is 4.79 Å². The first-order valence-corrected chi connectivity index (χ1v) is 6.68. The van der Waals surface area contributed by atoms with Crippen molar-refractivity contribution >= 4 is 11.6 Å². The van der Waals surface area contributed by atoms with E-state index in [1.165, 1.54) is 12.5 Å². The van der Waals surface area contributed by atoms with Gasteiger partial charge in [-0.25, -0.2) is 0 Å². The van der Waals surface area contributed by atoms with Crippen molar-refractivity contribution in [3.63, 3.8) is 0 Å². The van der Waals surface area contributed by atoms with E-state index in [1.54, 1.807) is 0 Å². The average molecular weight is 258 g/mol. The Hall–Kier alpha value is -1.79. The number of hydrogen-bond acceptors (Lipinski definition) is 2. The second kappa shape index (κ2) is 8.34. The lowest BCUT2D eigenvalue weighted by atomic mass is 10.1. The molecule has 0 spiro atoms. The van der Waals surface area contributed by atoms with Gasteiger partial charge >= 0.3 is 0 Å². The standard InChI is InChI=1S/C16H22N2O/c1-4-5-6-7-11-17-13(2)15-9-8-10-16(12-15)18-14(3)19/h1,8-10,12-13,17H,5-7,11H2,2-3H3,(H,18,19). The van der Waals surface area contributed by atoms with Gasteiger partial charge in [0.15, 0.2) is 0 Å². The number of amides is 1. The number of hydrogen-bond donors (Lipinski definition) is 2. The molecule has 1 atom stereocenters. The predicted octanol–water partition coefficient (Wildman–Crippen LogP) is 3.10. The van der Waals surface area contributed by atoms with Gasteiger partial charge in [0.2, 0.25) is 5.91 Å². The number of carbonyl (C=O) groups excluding carboxylic acids is 1. The largest absolute Gasteiger partial charge is 0.326 e. The SMILES string of the molecule is C#CCCCCNC(C)c1cccc(NC(C)=O)c1. The first-order chi connectivity index (χ1) is 9.13. The Bertz CT molecular complexity index is 448. The molecule has 1 amide bonds. The quantitative estimate of drug-likeness (QED) is 0.583. The normalized spacial score (nSPS) is 11.6. The van der Waals surface area contributed by atoms with Gasteiger partial charge in [0.05, 0.1) is 0 Å². The highest BCUT2D eigenvalue weighted by Gasteiger charge is 2.05. The third-order valence-corrected chi connectivity index (χ3v) is 2.91. The monoisotopic (exact) mass is 258 g/mol. The van der Waals surface area contributed by atoms with Crippen LogP contribution in [-0.2, 0) is 4.79 Å². The van der Waals surface area contributed by atoms with Crippen LogP contribution in [0.25, 0.3) is 0 Å². The van der Waals surface area contributed by atoms with Crippen molar-refractivity contribution in [2.75, 3.05) is 11.9 Å². The molecule has 102 valence electrons. The summed E-state index contributed by atoms with van der Waals surface area (Å²) in [6, 6.07) is 8.17. The summed E-state index contributed by atoms with van der Waals surface area (Å²) in [6.45, 7) is 4.58. The zero-order valence-electron chi connectivity index (χ0n) is 11.7. The van der Waals surface area contributed by atoms with Crippen LogP contribution in [0.1, 0.15) is 44.7 Å². The second-order valence-electron chi connectivity index (χ2n) is 4.64. The van der Waals surface area contributed by atoms with E-state index in [4.69, 9.17) is 6.42 Å². The molecule has 0 bridgehead atoms. The number of unbranched alkanes of at least 4 members (excludes halogenated alkanes) is 2. The molecular formula is C16H22N2O. The van der Waals surface area contributed by atoms with Crippen LogP contribution in [0, 0.1) is 12.3 Å². The van der Waals surface area contributed by atoms with Gasteiger partial charge in [0, 0.05) is 25.1 Å². The molecule has 1 rings (SSSR count). The highest BCUT2D eigenvalue weighted by atomic mass is 16.1. The van der Waals surface area contributed by atoms with E-state index in [0.29, 0.717) is 0 Å². The van der Waals surface area contributed by atoms with Crippen LogP contribution in [0.4, 0.5) is 5.69 Å². The summed E-state index contributed by atoms with van der Waals surface area (Å²) in [5.74, 6) is 2.60. The third-order valence-electron chi connectivity index (χ3n) is 2.91. The first kappa shape index (κ1) is 15.3. The van der Waals surface area contributed by atoms with Crippen molar-refractivity contribution in [1.29, 1.82) is 0 Å². The van der Waals surface area contributed by atoms with Gasteiger partial charge < -0.3 is 10.6 Å². The number of carbonyl (C=O) groups is 1. The average Bonchev–Trinajstić information content (AvgIpc) is 2.38. The smallest absolute Gasteiger partial charge is 0.221 e. The molecule has 1 aromatic rings. The van der Waals surface area contributed by atoms with Gasteiger partial charge in [-0.1, -0.05) is 12.1 Å². The molecular weight excluding hydrogens is 236 g/mol. The van der Waals surface area contributed by atoms with Crippen molar-refractivity contribution in [1.82, 2.24) is 5.32 Å². The molecule has 0 radical (unpaired) electrons. The van der Waals surface area contributed by atoms with Crippen LogP contribution in [0.15, 0.2) is 24.3 Å². The highest BCUT2D eigenvalue weighted by molar-refractivity contribution is 5.88. The summed E-state index contributed by atoms with van der Waals surface area (Å²) in [6.07, 6.45) is 8.20. The van der Waals surface area contributed by atoms with E-state index >= 15 is 0 Å². The van der Waals surface area contributed by atoms with E-state index in [0.717, 1.165) is 31.5 Å². The van der Waals surface area contributed by atoms with Crippen molar-refractivity contribution < 1.29 is 4.79 Å². The summed E-state index contributed by atoms with van der Waals surface area (Å²) in [5, 5.41) is 6.25. The van der Waals surface area contributed by atoms with Gasteiger partial charge in [0.25, 0.3) is 0 Å². The minimum absolute atomic E-state index is 0.0490. The van der Waals surface area contributed by atoms with Crippen molar-refractivity contribution in [2.45, 2.75) is 39.2 Å². The number of terminal acetylenes is 1. The zero-order chi connectivity index (χ0) is 14.1. The van der Waals surface area contributed by atoms with Crippen LogP contribution >= 0.6 is 0 Å². The molecule has 19 heavy (non-hydrogen) atoms. The molecule has 0 aliphatic rings. The van der Waals surface area contributed by atoms with Crippen LogP contribution in [-0.4, -0.2) is 12.5 Å². The van der Waals surface area contributed by atoms with E-state index in [2.05, 4.69) is 29.5 Å². The Morgan fingerprint density at radius 3 is 2.89 bits per heavy atom. The maximum absolute atomic E-state index is 11.0. The topological polar surface area (TPSA) is 41.1 Å². The summed E-state index contributed by atoms with van der Waals surface area (Å²) >= 11 is 0. The lowest BCUT2D eigenvalue weighted by Gasteiger charge is -2.15. The van der Waals surface area contributed by atoms with Crippen molar-refractivity contribution in [2.24, 2.45) is 0 Å². The molecule has 0 fully saturated rings. The predicted molar refractivity (Wildman–Crippen MR) is 79.8 cm³/mol. The fraction of sp³-hybridized carbons (Fsp3) is 0.438. The number of nitrogens with one attached hydrogen (secondary N) is 2. The van der Waals surface area contributed by atoms with Crippen LogP contribution in [0.5, 0.6) is 0 Å². The fourth-order valence-corrected chi connectivity index (χ4v) is 1.88. The van der Waals surface area contributed by atoms with Crippen molar-refractivity contribution in [3.05, 3.63) is 29.8 Å². The van der Waals surface area contributed by atoms with Gasteiger partial charge in [0.1, 0.15) is 0 Å². The number of benzene rings is 1. The van der Waals surface area contributed by atoms with E-state index in [9.17, 15) is 4.79 Å². The molecule has 0 aliphatic carbocycles. The molecule has 3 heteroatoms. The lowest BCUT2D eigenvalue weighted by molar-refractivity contribution is -0.114. The Morgan fingerprint density at radius 2 is 2.21 bits per heavy atom. The van der Waals surface area contributed by atoms with Gasteiger partial charge in [-0.05, 0) is 44.0 Å². The van der Waals surface area contributed by atoms with E-state index in [1.807, 2.05) is 18.2 Å². The number of anilines is 1. The zero-order valence-corrected chi connectivity index (χ0v) is 11.7. The maximum Gasteiger partial charge on any atom is 0.221 e. The van der Waals surface area contributed by atoms with E-state index < -0.39 is 0 Å². The minimum Gasteiger partial charge on any atom is -0.326 e. The highest BCUT2D eigenvalue weighted by Crippen LogP contribution is 2.17. The Balaban J connectivity index is 2.45. The summed E-state index contributed by atoms with van der Waals surface area (Å²) < 4.78 is 0. The molecule has 0 saturated heterocycles. The molecule has 2 N–H and O–H groups in total. The Labute approximate surface area is 115 Å². The Morgan fingerprint density at radius 1 is 1.42 bits per heavy atom. The summed E-state index contributed by atoms with van der Waals surface area (Å²) in [5.41, 5.74) is 2.01. The maximum atomic E-state index is 11.0. The summed E-state index contributed by atoms with van der Waals surface area (Å²) in [4.78, 5) is 11.0. The molecule has 0 aliphatic heterocycles. The molecule has 3 nitrogen and oxygen atoms in total. The van der Waals surface area contributed by atoms with Gasteiger partial charge in [-0.15, -0.1) is 12.3 Å². The van der Waals surface area contributed by atoms with E-state index in [-0.39, 0.29) is 11.9 Å². The lowest BCUT2D eigenvalue weighted by Crippen LogP contribution is -2.20.